The van der Waals surface area contributed by atoms with Crippen molar-refractivity contribution in [3.63, 3.8) is 0 Å². The van der Waals surface area contributed by atoms with Gasteiger partial charge in [-0.3, -0.25) is 18.2 Å². The summed E-state index contributed by atoms with van der Waals surface area (Å²) in [6, 6.07) is 2.08. The van der Waals surface area contributed by atoms with Crippen LogP contribution < -0.4 is 0 Å². The lowest BCUT2D eigenvalue weighted by molar-refractivity contribution is 0.423. The minimum Gasteiger partial charge on any atom is -0.505 e. The van der Waals surface area contributed by atoms with Crippen molar-refractivity contribution in [3.05, 3.63) is 29.8 Å². The average Bonchev–Trinajstić information content (AvgIpc) is 2.50. The molecule has 2 rings (SSSR count). The number of aromatic hydroxyl groups is 1. The third kappa shape index (κ3) is 4.78. The van der Waals surface area contributed by atoms with Gasteiger partial charge >= 0.3 is 0 Å². The zero-order chi connectivity index (χ0) is 23.4. The maximum absolute atomic E-state index is 11.6. The molecule has 2 aromatic carbocycles. The van der Waals surface area contributed by atoms with Crippen LogP contribution in [0.25, 0.3) is 11.1 Å². The van der Waals surface area contributed by atoms with Gasteiger partial charge in [-0.2, -0.15) is 33.7 Å². The third-order valence-corrected chi connectivity index (χ3v) is 7.49. The zero-order valence-electron chi connectivity index (χ0n) is 14.4. The van der Waals surface area contributed by atoms with Crippen molar-refractivity contribution in [1.82, 2.24) is 0 Å². The van der Waals surface area contributed by atoms with E-state index in [9.17, 15) is 57.0 Å². The lowest BCUT2D eigenvalue weighted by Gasteiger charge is -2.14. The highest BCUT2D eigenvalue weighted by atomic mass is 32.2. The van der Waals surface area contributed by atoms with Crippen molar-refractivity contribution in [2.45, 2.75) is 26.5 Å². The van der Waals surface area contributed by atoms with Gasteiger partial charge in [-0.15, -0.1) is 0 Å². The first-order chi connectivity index (χ1) is 13.2. The number of hydrogen-bond donors (Lipinski definition) is 5. The van der Waals surface area contributed by atoms with E-state index in [2.05, 4.69) is 0 Å². The lowest BCUT2D eigenvalue weighted by atomic mass is 10.0. The largest absolute Gasteiger partial charge is 0.505 e. The molecule has 13 nitrogen and oxygen atoms in total. The van der Waals surface area contributed by atoms with Crippen LogP contribution in [-0.2, 0) is 40.5 Å². The van der Waals surface area contributed by atoms with Crippen molar-refractivity contribution in [1.29, 1.82) is 0 Å². The highest BCUT2D eigenvalue weighted by Gasteiger charge is 2.28. The predicted molar refractivity (Wildman–Crippen MR) is 97.5 cm³/mol. The summed E-state index contributed by atoms with van der Waals surface area (Å²) in [5.74, 6) is -1.57. The molecular weight excluding hydrogens is 492 g/mol. The maximum Gasteiger partial charge on any atom is 0.298 e. The van der Waals surface area contributed by atoms with Crippen LogP contribution in [0.4, 0.5) is 0 Å². The molecule has 0 aliphatic heterocycles. The van der Waals surface area contributed by atoms with E-state index in [1.54, 1.807) is 0 Å². The van der Waals surface area contributed by atoms with Gasteiger partial charge in [0.25, 0.3) is 40.5 Å². The van der Waals surface area contributed by atoms with E-state index in [0.29, 0.717) is 24.3 Å². The molecular formula is C13H12O13S4. The Morgan fingerprint density at radius 1 is 0.533 bits per heavy atom. The molecule has 0 aliphatic rings. The quantitative estimate of drug-likeness (QED) is 0.346. The molecule has 30 heavy (non-hydrogen) atoms. The number of benzene rings is 2. The highest BCUT2D eigenvalue weighted by Crippen LogP contribution is 2.37. The topological polar surface area (TPSA) is 238 Å². The van der Waals surface area contributed by atoms with E-state index in [1.165, 1.54) is 0 Å². The van der Waals surface area contributed by atoms with Gasteiger partial charge in [0.1, 0.15) is 9.79 Å². The number of hydrogen-bond acceptors (Lipinski definition) is 9. The summed E-state index contributed by atoms with van der Waals surface area (Å²) < 4.78 is 129. The first-order valence-corrected chi connectivity index (χ1v) is 12.9. The summed E-state index contributed by atoms with van der Waals surface area (Å²) in [5.41, 5.74) is -1.84. The van der Waals surface area contributed by atoms with Gasteiger partial charge in [0.2, 0.25) is 0 Å². The first-order valence-electron chi connectivity index (χ1n) is 7.16. The molecule has 0 amide bonds. The van der Waals surface area contributed by atoms with Gasteiger partial charge < -0.3 is 5.11 Å². The van der Waals surface area contributed by atoms with Crippen molar-refractivity contribution in [3.8, 4) is 16.9 Å². The van der Waals surface area contributed by atoms with E-state index < -0.39 is 82.5 Å². The molecule has 0 spiro atoms. The molecule has 0 saturated carbocycles. The van der Waals surface area contributed by atoms with Crippen LogP contribution in [-0.4, -0.2) is 57.0 Å². The van der Waals surface area contributed by atoms with Gasteiger partial charge in [0.15, 0.2) is 5.75 Å². The molecule has 2 aromatic rings. The Labute approximate surface area is 170 Å². The predicted octanol–water partition coefficient (Wildman–Crippen LogP) is 0.354. The second-order valence-electron chi connectivity index (χ2n) is 5.82. The van der Waals surface area contributed by atoms with Crippen molar-refractivity contribution < 1.29 is 57.0 Å². The standard InChI is InChI=1S/C13H12O13S4/c1-6-9(27(15,16)17)2-7(3-10(6)28(18,19)20)8-4-11(29(21,22)23)13(14)12(5-8)30(24,25)26/h2-5,14H,1H3,(H,15,16,17)(H,18,19,20)(H,21,22,23)(H,24,25,26). The molecule has 5 N–H and O–H groups in total. The number of phenolic OH excluding ortho intramolecular Hbond substituents is 1. The van der Waals surface area contributed by atoms with Crippen LogP contribution in [0.2, 0.25) is 0 Å². The van der Waals surface area contributed by atoms with Crippen LogP contribution in [0.15, 0.2) is 43.8 Å². The number of rotatable bonds is 5. The van der Waals surface area contributed by atoms with Crippen LogP contribution >= 0.6 is 0 Å². The molecule has 0 atom stereocenters. The highest BCUT2D eigenvalue weighted by molar-refractivity contribution is 7.87. The van der Waals surface area contributed by atoms with E-state index in [1.807, 2.05) is 0 Å². The van der Waals surface area contributed by atoms with Gasteiger partial charge in [-0.1, -0.05) is 0 Å². The average molecular weight is 504 g/mol. The normalized spacial score (nSPS) is 13.4. The summed E-state index contributed by atoms with van der Waals surface area (Å²) in [5, 5.41) is 9.79. The van der Waals surface area contributed by atoms with Crippen LogP contribution in [0, 0.1) is 6.92 Å². The molecule has 0 fully saturated rings. The molecule has 0 unspecified atom stereocenters. The first kappa shape index (κ1) is 24.2. The summed E-state index contributed by atoms with van der Waals surface area (Å²) in [4.78, 5) is -4.92. The smallest absolute Gasteiger partial charge is 0.298 e. The summed E-state index contributed by atoms with van der Waals surface area (Å²) >= 11 is 0. The minimum absolute atomic E-state index is 0.436. The fourth-order valence-electron chi connectivity index (χ4n) is 2.51. The molecule has 0 heterocycles. The summed E-state index contributed by atoms with van der Waals surface area (Å²) in [6.45, 7) is 0.917. The lowest BCUT2D eigenvalue weighted by Crippen LogP contribution is -2.09. The zero-order valence-corrected chi connectivity index (χ0v) is 17.7. The monoisotopic (exact) mass is 504 g/mol. The van der Waals surface area contributed by atoms with Crippen LogP contribution in [0.5, 0.6) is 5.75 Å². The van der Waals surface area contributed by atoms with E-state index >= 15 is 0 Å². The molecule has 0 radical (unpaired) electrons. The molecule has 0 saturated heterocycles. The van der Waals surface area contributed by atoms with Crippen molar-refractivity contribution in [2.75, 3.05) is 0 Å². The van der Waals surface area contributed by atoms with Gasteiger partial charge in [-0.05, 0) is 47.9 Å². The minimum atomic E-state index is -5.29. The molecule has 0 aliphatic carbocycles. The van der Waals surface area contributed by atoms with Crippen LogP contribution in [0.3, 0.4) is 0 Å². The SMILES string of the molecule is Cc1c(S(=O)(=O)O)cc(-c2cc(S(=O)(=O)O)c(O)c(S(=O)(=O)O)c2)cc1S(=O)(=O)O. The molecule has 166 valence electrons. The summed E-state index contributed by atoms with van der Waals surface area (Å²) in [6.07, 6.45) is 0. The third-order valence-electron chi connectivity index (χ3n) is 3.80. The van der Waals surface area contributed by atoms with E-state index in [4.69, 9.17) is 0 Å². The Bertz CT molecular complexity index is 1260. The molecule has 17 heteroatoms. The van der Waals surface area contributed by atoms with E-state index in [0.717, 1.165) is 6.92 Å². The van der Waals surface area contributed by atoms with Gasteiger partial charge in [0, 0.05) is 0 Å². The maximum atomic E-state index is 11.6. The Hall–Kier alpha value is -2.12. The Morgan fingerprint density at radius 2 is 0.767 bits per heavy atom. The molecule has 0 aromatic heterocycles. The fraction of sp³-hybridized carbons (Fsp3) is 0.0769. The van der Waals surface area contributed by atoms with Gasteiger partial charge in [-0.25, -0.2) is 0 Å². The van der Waals surface area contributed by atoms with Crippen molar-refractivity contribution in [2.24, 2.45) is 0 Å². The Kier molecular flexibility index (Phi) is 5.83. The Morgan fingerprint density at radius 3 is 1.00 bits per heavy atom. The van der Waals surface area contributed by atoms with E-state index in [-0.39, 0.29) is 0 Å². The fourth-order valence-corrected chi connectivity index (χ4v) is 5.44. The van der Waals surface area contributed by atoms with Crippen LogP contribution in [0.1, 0.15) is 5.56 Å². The number of phenols is 1. The second kappa shape index (κ2) is 7.24. The summed E-state index contributed by atoms with van der Waals surface area (Å²) in [7, 11) is -20.8. The second-order valence-corrected chi connectivity index (χ2v) is 11.4. The van der Waals surface area contributed by atoms with Gasteiger partial charge in [0.05, 0.1) is 9.79 Å². The van der Waals surface area contributed by atoms with Crippen molar-refractivity contribution >= 4 is 40.5 Å². The molecule has 0 bridgehead atoms. The Balaban J connectivity index is 3.12.